The van der Waals surface area contributed by atoms with Crippen molar-refractivity contribution < 1.29 is 28.2 Å². The van der Waals surface area contributed by atoms with E-state index in [1.54, 1.807) is 18.2 Å². The number of benzene rings is 2. The molecule has 0 fully saturated rings. The second-order valence-corrected chi connectivity index (χ2v) is 5.71. The van der Waals surface area contributed by atoms with Gasteiger partial charge in [0.1, 0.15) is 0 Å². The highest BCUT2D eigenvalue weighted by molar-refractivity contribution is 5.89. The van der Waals surface area contributed by atoms with E-state index < -0.39 is 23.6 Å². The minimum atomic E-state index is -1.06. The molecule has 0 saturated carbocycles. The molecule has 0 aliphatic carbocycles. The average Bonchev–Trinajstić information content (AvgIpc) is 2.62. The molecule has 7 heteroatoms. The smallest absolute Gasteiger partial charge is 0.335 e. The Bertz CT molecular complexity index is 795. The maximum Gasteiger partial charge on any atom is 0.335 e. The van der Waals surface area contributed by atoms with Gasteiger partial charge in [-0.15, -0.1) is 0 Å². The molecule has 0 heterocycles. The second-order valence-electron chi connectivity index (χ2n) is 5.71. The van der Waals surface area contributed by atoms with Crippen LogP contribution in [0.5, 0.6) is 0 Å². The Morgan fingerprint density at radius 1 is 1.15 bits per heavy atom. The Morgan fingerprint density at radius 2 is 1.88 bits per heavy atom. The molecule has 138 valence electrons. The van der Waals surface area contributed by atoms with Crippen molar-refractivity contribution in [2.45, 2.75) is 18.9 Å². The number of aromatic carboxylic acids is 1. The lowest BCUT2D eigenvalue weighted by Gasteiger charge is -2.19. The third-order valence-corrected chi connectivity index (χ3v) is 3.88. The van der Waals surface area contributed by atoms with Crippen molar-refractivity contribution in [1.29, 1.82) is 0 Å². The van der Waals surface area contributed by atoms with Crippen LogP contribution in [0.2, 0.25) is 0 Å². The number of carbonyl (C=O) groups is 2. The standard InChI is InChI=1S/C19H19F2NO4/c1-26-11-17(13-6-8-15(20)16(21)10-13)22-18(23)9-7-12-4-2-3-5-14(12)19(24)25/h2-6,8,10,17H,7,9,11H2,1H3,(H,22,23)(H,24,25). The number of carboxylic acid groups (broad SMARTS) is 1. The first-order chi connectivity index (χ1) is 12.4. The zero-order valence-corrected chi connectivity index (χ0v) is 14.2. The molecular formula is C19H19F2NO4. The normalized spacial score (nSPS) is 11.8. The molecule has 1 atom stereocenters. The van der Waals surface area contributed by atoms with Gasteiger partial charge in [0.15, 0.2) is 11.6 Å². The highest BCUT2D eigenvalue weighted by Gasteiger charge is 2.17. The van der Waals surface area contributed by atoms with E-state index in [-0.39, 0.29) is 30.9 Å². The van der Waals surface area contributed by atoms with Crippen LogP contribution in [0.4, 0.5) is 8.78 Å². The van der Waals surface area contributed by atoms with E-state index in [0.29, 0.717) is 11.1 Å². The third kappa shape index (κ3) is 5.10. The molecule has 1 unspecified atom stereocenters. The van der Waals surface area contributed by atoms with Crippen LogP contribution in [0.25, 0.3) is 0 Å². The molecule has 0 aromatic heterocycles. The molecule has 26 heavy (non-hydrogen) atoms. The van der Waals surface area contributed by atoms with Crippen molar-refractivity contribution in [3.05, 3.63) is 70.8 Å². The van der Waals surface area contributed by atoms with Crippen molar-refractivity contribution in [2.24, 2.45) is 0 Å². The SMILES string of the molecule is COCC(NC(=O)CCc1ccccc1C(=O)O)c1ccc(F)c(F)c1. The summed E-state index contributed by atoms with van der Waals surface area (Å²) < 4.78 is 31.5. The van der Waals surface area contributed by atoms with E-state index in [9.17, 15) is 18.4 Å². The number of hydrogen-bond donors (Lipinski definition) is 2. The summed E-state index contributed by atoms with van der Waals surface area (Å²) in [5.74, 6) is -3.38. The largest absolute Gasteiger partial charge is 0.478 e. The number of carboxylic acids is 1. The number of halogens is 2. The van der Waals surface area contributed by atoms with E-state index in [4.69, 9.17) is 9.84 Å². The fourth-order valence-corrected chi connectivity index (χ4v) is 2.58. The quantitative estimate of drug-likeness (QED) is 0.756. The first kappa shape index (κ1) is 19.5. The molecule has 2 rings (SSSR count). The van der Waals surface area contributed by atoms with E-state index in [1.165, 1.54) is 19.2 Å². The Hall–Kier alpha value is -2.80. The summed E-state index contributed by atoms with van der Waals surface area (Å²) in [6, 6.07) is 9.18. The molecule has 0 bridgehead atoms. The molecule has 2 N–H and O–H groups in total. The van der Waals surface area contributed by atoms with E-state index in [0.717, 1.165) is 12.1 Å². The average molecular weight is 363 g/mol. The molecule has 5 nitrogen and oxygen atoms in total. The van der Waals surface area contributed by atoms with Crippen LogP contribution in [0.1, 0.15) is 33.9 Å². The Balaban J connectivity index is 2.04. The first-order valence-electron chi connectivity index (χ1n) is 7.96. The van der Waals surface area contributed by atoms with Gasteiger partial charge in [-0.25, -0.2) is 13.6 Å². The number of ether oxygens (including phenoxy) is 1. The van der Waals surface area contributed by atoms with E-state index in [1.807, 2.05) is 0 Å². The van der Waals surface area contributed by atoms with Crippen LogP contribution >= 0.6 is 0 Å². The molecule has 1 amide bonds. The zero-order chi connectivity index (χ0) is 19.1. The van der Waals surface area contributed by atoms with Crippen LogP contribution in [0.15, 0.2) is 42.5 Å². The lowest BCUT2D eigenvalue weighted by Crippen LogP contribution is -2.31. The summed E-state index contributed by atoms with van der Waals surface area (Å²) in [6.07, 6.45) is 0.292. The van der Waals surface area contributed by atoms with Gasteiger partial charge in [-0.05, 0) is 35.7 Å². The van der Waals surface area contributed by atoms with Crippen LogP contribution in [0, 0.1) is 11.6 Å². The van der Waals surface area contributed by atoms with Crippen molar-refractivity contribution >= 4 is 11.9 Å². The fraction of sp³-hybridized carbons (Fsp3) is 0.263. The lowest BCUT2D eigenvalue weighted by molar-refractivity contribution is -0.122. The van der Waals surface area contributed by atoms with E-state index >= 15 is 0 Å². The van der Waals surface area contributed by atoms with Gasteiger partial charge in [0.25, 0.3) is 0 Å². The number of methoxy groups -OCH3 is 1. The molecule has 0 saturated heterocycles. The van der Waals surface area contributed by atoms with Gasteiger partial charge in [-0.3, -0.25) is 4.79 Å². The predicted octanol–water partition coefficient (Wildman–Crippen LogP) is 3.10. The number of nitrogens with one attached hydrogen (secondary N) is 1. The molecule has 0 radical (unpaired) electrons. The van der Waals surface area contributed by atoms with Gasteiger partial charge >= 0.3 is 5.97 Å². The zero-order valence-electron chi connectivity index (χ0n) is 14.2. The Kier molecular flexibility index (Phi) is 6.80. The molecule has 0 aliphatic rings. The minimum Gasteiger partial charge on any atom is -0.478 e. The molecule has 2 aromatic rings. The molecule has 2 aromatic carbocycles. The Morgan fingerprint density at radius 3 is 2.54 bits per heavy atom. The highest BCUT2D eigenvalue weighted by atomic mass is 19.2. The first-order valence-corrected chi connectivity index (χ1v) is 7.96. The van der Waals surface area contributed by atoms with Crippen molar-refractivity contribution in [1.82, 2.24) is 5.32 Å². The van der Waals surface area contributed by atoms with Crippen LogP contribution in [0.3, 0.4) is 0 Å². The third-order valence-electron chi connectivity index (χ3n) is 3.88. The van der Waals surface area contributed by atoms with Gasteiger partial charge < -0.3 is 15.2 Å². The summed E-state index contributed by atoms with van der Waals surface area (Å²) in [5.41, 5.74) is 1.07. The predicted molar refractivity (Wildman–Crippen MR) is 90.8 cm³/mol. The van der Waals surface area contributed by atoms with E-state index in [2.05, 4.69) is 5.32 Å². The van der Waals surface area contributed by atoms with Gasteiger partial charge in [0.05, 0.1) is 18.2 Å². The summed E-state index contributed by atoms with van der Waals surface area (Å²) in [7, 11) is 1.43. The topological polar surface area (TPSA) is 75.6 Å². The number of hydrogen-bond acceptors (Lipinski definition) is 3. The summed E-state index contributed by atoms with van der Waals surface area (Å²) in [4.78, 5) is 23.4. The number of carbonyl (C=O) groups excluding carboxylic acids is 1. The summed E-state index contributed by atoms with van der Waals surface area (Å²) in [5, 5.41) is 11.9. The Labute approximate surface area is 149 Å². The van der Waals surface area contributed by atoms with Crippen molar-refractivity contribution in [3.63, 3.8) is 0 Å². The second kappa shape index (κ2) is 9.05. The van der Waals surface area contributed by atoms with Crippen LogP contribution < -0.4 is 5.32 Å². The lowest BCUT2D eigenvalue weighted by atomic mass is 10.0. The maximum atomic E-state index is 13.4. The number of amides is 1. The van der Waals surface area contributed by atoms with Gasteiger partial charge in [-0.1, -0.05) is 24.3 Å². The van der Waals surface area contributed by atoms with Crippen LogP contribution in [-0.4, -0.2) is 30.7 Å². The molecule has 0 spiro atoms. The van der Waals surface area contributed by atoms with Crippen molar-refractivity contribution in [2.75, 3.05) is 13.7 Å². The van der Waals surface area contributed by atoms with Gasteiger partial charge in [0.2, 0.25) is 5.91 Å². The van der Waals surface area contributed by atoms with Crippen LogP contribution in [-0.2, 0) is 16.0 Å². The van der Waals surface area contributed by atoms with Crippen molar-refractivity contribution in [3.8, 4) is 0 Å². The fourth-order valence-electron chi connectivity index (χ4n) is 2.58. The summed E-state index contributed by atoms with van der Waals surface area (Å²) >= 11 is 0. The maximum absolute atomic E-state index is 13.4. The van der Waals surface area contributed by atoms with Gasteiger partial charge in [-0.2, -0.15) is 0 Å². The molecular weight excluding hydrogens is 344 g/mol. The number of rotatable bonds is 8. The summed E-state index contributed by atoms with van der Waals surface area (Å²) in [6.45, 7) is 0.0858. The van der Waals surface area contributed by atoms with Gasteiger partial charge in [0, 0.05) is 13.5 Å². The molecule has 0 aliphatic heterocycles. The monoisotopic (exact) mass is 363 g/mol. The highest BCUT2D eigenvalue weighted by Crippen LogP contribution is 2.18. The minimum absolute atomic E-state index is 0.0498. The number of aryl methyl sites for hydroxylation is 1.